The van der Waals surface area contributed by atoms with Gasteiger partial charge in [-0.05, 0) is 32.0 Å². The number of hydrogen-bond acceptors (Lipinski definition) is 3. The van der Waals surface area contributed by atoms with Crippen LogP contribution in [0.3, 0.4) is 0 Å². The van der Waals surface area contributed by atoms with Gasteiger partial charge in [-0.25, -0.2) is 0 Å². The van der Waals surface area contributed by atoms with Crippen LogP contribution in [0.15, 0.2) is 18.2 Å². The Morgan fingerprint density at radius 1 is 1.39 bits per heavy atom. The number of rotatable bonds is 3. The third-order valence-corrected chi connectivity index (χ3v) is 2.46. The number of anilines is 2. The first-order chi connectivity index (χ1) is 8.24. The molecular formula is C12H14F3N3. The molecule has 0 heterocycles. The fourth-order valence-electron chi connectivity index (χ4n) is 1.58. The van der Waals surface area contributed by atoms with E-state index in [4.69, 9.17) is 11.0 Å². The number of nitriles is 1. The van der Waals surface area contributed by atoms with Crippen LogP contribution in [0.1, 0.15) is 19.4 Å². The average Bonchev–Trinajstić information content (AvgIpc) is 2.25. The van der Waals surface area contributed by atoms with Gasteiger partial charge in [-0.2, -0.15) is 18.4 Å². The summed E-state index contributed by atoms with van der Waals surface area (Å²) in [6.07, 6.45) is -4.29. The van der Waals surface area contributed by atoms with E-state index >= 15 is 0 Å². The third-order valence-electron chi connectivity index (χ3n) is 2.46. The van der Waals surface area contributed by atoms with Crippen molar-refractivity contribution in [2.24, 2.45) is 0 Å². The maximum Gasteiger partial charge on any atom is 0.405 e. The number of nitrogen functional groups attached to an aromatic ring is 1. The summed E-state index contributed by atoms with van der Waals surface area (Å²) in [5, 5.41) is 8.83. The second-order valence-electron chi connectivity index (χ2n) is 4.22. The maximum absolute atomic E-state index is 12.5. The molecule has 18 heavy (non-hydrogen) atoms. The molecule has 0 aliphatic heterocycles. The molecule has 0 fully saturated rings. The molecule has 98 valence electrons. The minimum Gasteiger partial charge on any atom is -0.398 e. The summed E-state index contributed by atoms with van der Waals surface area (Å²) in [4.78, 5) is 1.18. The normalized spacial score (nSPS) is 11.4. The molecule has 0 amide bonds. The van der Waals surface area contributed by atoms with Crippen molar-refractivity contribution in [3.63, 3.8) is 0 Å². The fraction of sp³-hybridized carbons (Fsp3) is 0.417. The lowest BCUT2D eigenvalue weighted by Gasteiger charge is -2.30. The molecule has 0 radical (unpaired) electrons. The quantitative estimate of drug-likeness (QED) is 0.847. The van der Waals surface area contributed by atoms with Crippen LogP contribution in [0.2, 0.25) is 0 Å². The maximum atomic E-state index is 12.5. The highest BCUT2D eigenvalue weighted by atomic mass is 19.4. The first-order valence-electron chi connectivity index (χ1n) is 5.37. The Bertz CT molecular complexity index is 461. The van der Waals surface area contributed by atoms with Gasteiger partial charge >= 0.3 is 6.18 Å². The van der Waals surface area contributed by atoms with E-state index in [9.17, 15) is 13.2 Å². The molecule has 0 atom stereocenters. The number of nitrogens with zero attached hydrogens (tertiary/aromatic N) is 2. The molecule has 2 N–H and O–H groups in total. The first kappa shape index (κ1) is 14.2. The number of benzene rings is 1. The van der Waals surface area contributed by atoms with Gasteiger partial charge in [-0.1, -0.05) is 0 Å². The van der Waals surface area contributed by atoms with E-state index in [0.717, 1.165) is 0 Å². The standard InChI is InChI=1S/C12H14F3N3/c1-8(2)18(7-12(13,14)15)10-3-4-11(17)9(5-10)6-16/h3-5,8H,7,17H2,1-2H3. The van der Waals surface area contributed by atoms with Gasteiger partial charge in [0.15, 0.2) is 0 Å². The van der Waals surface area contributed by atoms with Gasteiger partial charge in [0.05, 0.1) is 5.56 Å². The molecule has 0 aromatic heterocycles. The van der Waals surface area contributed by atoms with E-state index in [2.05, 4.69) is 0 Å². The summed E-state index contributed by atoms with van der Waals surface area (Å²) >= 11 is 0. The highest BCUT2D eigenvalue weighted by Crippen LogP contribution is 2.26. The largest absolute Gasteiger partial charge is 0.405 e. The van der Waals surface area contributed by atoms with E-state index in [0.29, 0.717) is 5.69 Å². The van der Waals surface area contributed by atoms with Gasteiger partial charge in [-0.3, -0.25) is 0 Å². The first-order valence-corrected chi connectivity index (χ1v) is 5.37. The van der Waals surface area contributed by atoms with Crippen LogP contribution in [-0.2, 0) is 0 Å². The molecule has 1 aromatic carbocycles. The van der Waals surface area contributed by atoms with Crippen LogP contribution < -0.4 is 10.6 Å². The Balaban J connectivity index is 3.11. The van der Waals surface area contributed by atoms with Crippen molar-refractivity contribution in [2.45, 2.75) is 26.1 Å². The molecule has 0 saturated heterocycles. The third kappa shape index (κ3) is 3.55. The van der Waals surface area contributed by atoms with Crippen molar-refractivity contribution in [1.29, 1.82) is 5.26 Å². The van der Waals surface area contributed by atoms with Gasteiger partial charge in [0, 0.05) is 17.4 Å². The molecular weight excluding hydrogens is 243 g/mol. The van der Waals surface area contributed by atoms with Crippen molar-refractivity contribution in [3.8, 4) is 6.07 Å². The lowest BCUT2D eigenvalue weighted by molar-refractivity contribution is -0.120. The van der Waals surface area contributed by atoms with Crippen molar-refractivity contribution >= 4 is 11.4 Å². The highest BCUT2D eigenvalue weighted by molar-refractivity contribution is 5.63. The summed E-state index contributed by atoms with van der Waals surface area (Å²) in [5.41, 5.74) is 6.32. The summed E-state index contributed by atoms with van der Waals surface area (Å²) in [6.45, 7) is 2.27. The van der Waals surface area contributed by atoms with Crippen molar-refractivity contribution < 1.29 is 13.2 Å². The van der Waals surface area contributed by atoms with Crippen LogP contribution in [-0.4, -0.2) is 18.8 Å². The fourth-order valence-corrected chi connectivity index (χ4v) is 1.58. The Hall–Kier alpha value is -1.90. The van der Waals surface area contributed by atoms with Crippen LogP contribution in [0.5, 0.6) is 0 Å². The molecule has 0 aliphatic carbocycles. The van der Waals surface area contributed by atoms with Gasteiger partial charge in [-0.15, -0.1) is 0 Å². The molecule has 6 heteroatoms. The van der Waals surface area contributed by atoms with Crippen molar-refractivity contribution in [1.82, 2.24) is 0 Å². The number of alkyl halides is 3. The number of hydrogen-bond donors (Lipinski definition) is 1. The summed E-state index contributed by atoms with van der Waals surface area (Å²) in [7, 11) is 0. The molecule has 0 spiro atoms. The van der Waals surface area contributed by atoms with Gasteiger partial charge < -0.3 is 10.6 Å². The molecule has 1 rings (SSSR count). The number of nitrogens with two attached hydrogens (primary N) is 1. The van der Waals surface area contributed by atoms with Crippen molar-refractivity contribution in [2.75, 3.05) is 17.2 Å². The summed E-state index contributed by atoms with van der Waals surface area (Å²) in [5.74, 6) is 0. The topological polar surface area (TPSA) is 53.0 Å². The summed E-state index contributed by atoms with van der Waals surface area (Å²) < 4.78 is 37.4. The molecule has 0 bridgehead atoms. The zero-order chi connectivity index (χ0) is 13.9. The van der Waals surface area contributed by atoms with Gasteiger partial charge in [0.2, 0.25) is 0 Å². The highest BCUT2D eigenvalue weighted by Gasteiger charge is 2.32. The van der Waals surface area contributed by atoms with Crippen LogP contribution >= 0.6 is 0 Å². The summed E-state index contributed by atoms with van der Waals surface area (Å²) in [6, 6.07) is 5.84. The van der Waals surface area contributed by atoms with E-state index < -0.39 is 12.7 Å². The SMILES string of the molecule is CC(C)N(CC(F)(F)F)c1ccc(N)c(C#N)c1. The second kappa shape index (κ2) is 5.17. The second-order valence-corrected chi connectivity index (χ2v) is 4.22. The van der Waals surface area contributed by atoms with Crippen LogP contribution in [0.25, 0.3) is 0 Å². The predicted octanol–water partition coefficient (Wildman–Crippen LogP) is 2.92. The minimum absolute atomic E-state index is 0.181. The van der Waals surface area contributed by atoms with E-state index in [1.165, 1.54) is 23.1 Å². The average molecular weight is 257 g/mol. The number of halogens is 3. The van der Waals surface area contributed by atoms with E-state index in [1.807, 2.05) is 6.07 Å². The Morgan fingerprint density at radius 3 is 2.44 bits per heavy atom. The minimum atomic E-state index is -4.29. The Kier molecular flexibility index (Phi) is 4.07. The van der Waals surface area contributed by atoms with E-state index in [-0.39, 0.29) is 17.3 Å². The lowest BCUT2D eigenvalue weighted by Crippen LogP contribution is -2.39. The monoisotopic (exact) mass is 257 g/mol. The Morgan fingerprint density at radius 2 is 2.00 bits per heavy atom. The van der Waals surface area contributed by atoms with Crippen molar-refractivity contribution in [3.05, 3.63) is 23.8 Å². The van der Waals surface area contributed by atoms with Gasteiger partial charge in [0.25, 0.3) is 0 Å². The van der Waals surface area contributed by atoms with Crippen LogP contribution in [0.4, 0.5) is 24.5 Å². The molecule has 0 aliphatic rings. The lowest BCUT2D eigenvalue weighted by atomic mass is 10.1. The van der Waals surface area contributed by atoms with E-state index in [1.54, 1.807) is 13.8 Å². The zero-order valence-electron chi connectivity index (χ0n) is 10.1. The van der Waals surface area contributed by atoms with Crippen LogP contribution in [0, 0.1) is 11.3 Å². The smallest absolute Gasteiger partial charge is 0.398 e. The molecule has 3 nitrogen and oxygen atoms in total. The molecule has 1 aromatic rings. The molecule has 0 unspecified atom stereocenters. The van der Waals surface area contributed by atoms with Gasteiger partial charge in [0.1, 0.15) is 12.6 Å². The molecule has 0 saturated carbocycles. The zero-order valence-corrected chi connectivity index (χ0v) is 10.1. The predicted molar refractivity (Wildman–Crippen MR) is 64.1 cm³/mol. The Labute approximate surface area is 104 Å².